The standard InChI is InChI=1S/C16H18ClN3O/c17-11-16(21)20-9-7-19(8-10-20)12-14-6-5-13-3-1-2-4-15(13)18-14/h1-6H,7-12H2. The van der Waals surface area contributed by atoms with Gasteiger partial charge in [-0.05, 0) is 12.1 Å². The number of hydrogen-bond acceptors (Lipinski definition) is 3. The van der Waals surface area contributed by atoms with Crippen LogP contribution in [0, 0.1) is 0 Å². The van der Waals surface area contributed by atoms with Crippen molar-refractivity contribution in [3.63, 3.8) is 0 Å². The van der Waals surface area contributed by atoms with Crippen LogP contribution in [0.25, 0.3) is 10.9 Å². The molecule has 110 valence electrons. The van der Waals surface area contributed by atoms with Gasteiger partial charge in [-0.3, -0.25) is 14.7 Å². The molecule has 1 aliphatic rings. The van der Waals surface area contributed by atoms with E-state index >= 15 is 0 Å². The summed E-state index contributed by atoms with van der Waals surface area (Å²) in [5.41, 5.74) is 2.11. The lowest BCUT2D eigenvalue weighted by molar-refractivity contribution is -0.130. The van der Waals surface area contributed by atoms with E-state index in [0.717, 1.165) is 43.9 Å². The largest absolute Gasteiger partial charge is 0.339 e. The molecule has 3 rings (SSSR count). The zero-order valence-corrected chi connectivity index (χ0v) is 12.6. The van der Waals surface area contributed by atoms with E-state index in [1.54, 1.807) is 0 Å². The average Bonchev–Trinajstić information content (AvgIpc) is 2.55. The van der Waals surface area contributed by atoms with Crippen LogP contribution in [0.1, 0.15) is 5.69 Å². The van der Waals surface area contributed by atoms with Crippen molar-refractivity contribution in [1.82, 2.24) is 14.8 Å². The molecule has 0 saturated carbocycles. The van der Waals surface area contributed by atoms with Crippen LogP contribution in [0.5, 0.6) is 0 Å². The molecule has 1 aliphatic heterocycles. The van der Waals surface area contributed by atoms with E-state index in [1.807, 2.05) is 23.1 Å². The van der Waals surface area contributed by atoms with Crippen molar-refractivity contribution in [2.45, 2.75) is 6.54 Å². The number of hydrogen-bond donors (Lipinski definition) is 0. The second-order valence-corrected chi connectivity index (χ2v) is 5.55. The number of pyridine rings is 1. The third kappa shape index (κ3) is 3.34. The molecule has 1 amide bonds. The van der Waals surface area contributed by atoms with Crippen LogP contribution < -0.4 is 0 Å². The molecular formula is C16H18ClN3O. The predicted molar refractivity (Wildman–Crippen MR) is 84.3 cm³/mol. The third-order valence-corrected chi connectivity index (χ3v) is 4.11. The normalized spacial score (nSPS) is 16.3. The number of aromatic nitrogens is 1. The smallest absolute Gasteiger partial charge is 0.237 e. The van der Waals surface area contributed by atoms with Gasteiger partial charge in [0.25, 0.3) is 0 Å². The molecule has 1 aromatic heterocycles. The maximum absolute atomic E-state index is 11.5. The number of fused-ring (bicyclic) bond motifs is 1. The Balaban J connectivity index is 1.63. The molecule has 0 N–H and O–H groups in total. The van der Waals surface area contributed by atoms with E-state index in [9.17, 15) is 4.79 Å². The number of halogens is 1. The van der Waals surface area contributed by atoms with Gasteiger partial charge in [0.15, 0.2) is 0 Å². The van der Waals surface area contributed by atoms with Crippen molar-refractivity contribution in [2.24, 2.45) is 0 Å². The summed E-state index contributed by atoms with van der Waals surface area (Å²) in [7, 11) is 0. The van der Waals surface area contributed by atoms with Gasteiger partial charge in [0.2, 0.25) is 5.91 Å². The zero-order chi connectivity index (χ0) is 14.7. The molecule has 0 spiro atoms. The Morgan fingerprint density at radius 1 is 1.10 bits per heavy atom. The van der Waals surface area contributed by atoms with E-state index in [2.05, 4.69) is 23.1 Å². The van der Waals surface area contributed by atoms with Gasteiger partial charge in [0.05, 0.1) is 11.2 Å². The second-order valence-electron chi connectivity index (χ2n) is 5.29. The molecule has 21 heavy (non-hydrogen) atoms. The highest BCUT2D eigenvalue weighted by Crippen LogP contribution is 2.14. The Morgan fingerprint density at radius 3 is 2.62 bits per heavy atom. The van der Waals surface area contributed by atoms with E-state index in [1.165, 1.54) is 5.39 Å². The minimum Gasteiger partial charge on any atom is -0.339 e. The summed E-state index contributed by atoms with van der Waals surface area (Å²) in [5.74, 6) is 0.104. The maximum atomic E-state index is 11.5. The Bertz CT molecular complexity index is 638. The fourth-order valence-electron chi connectivity index (χ4n) is 2.67. The number of para-hydroxylation sites is 1. The van der Waals surface area contributed by atoms with Gasteiger partial charge in [-0.2, -0.15) is 0 Å². The molecule has 0 unspecified atom stereocenters. The summed E-state index contributed by atoms with van der Waals surface area (Å²) in [6.45, 7) is 4.07. The first kappa shape index (κ1) is 14.3. The second kappa shape index (κ2) is 6.41. The molecule has 2 heterocycles. The van der Waals surface area contributed by atoms with Crippen LogP contribution in [0.3, 0.4) is 0 Å². The summed E-state index contributed by atoms with van der Waals surface area (Å²) >= 11 is 5.59. The van der Waals surface area contributed by atoms with Crippen molar-refractivity contribution in [3.05, 3.63) is 42.1 Å². The van der Waals surface area contributed by atoms with Gasteiger partial charge in [0.1, 0.15) is 5.88 Å². The van der Waals surface area contributed by atoms with E-state index in [4.69, 9.17) is 16.6 Å². The van der Waals surface area contributed by atoms with Crippen LogP contribution in [-0.2, 0) is 11.3 Å². The van der Waals surface area contributed by atoms with Crippen molar-refractivity contribution in [3.8, 4) is 0 Å². The highest BCUT2D eigenvalue weighted by atomic mass is 35.5. The minimum atomic E-state index is 0.0279. The van der Waals surface area contributed by atoms with E-state index < -0.39 is 0 Å². The Morgan fingerprint density at radius 2 is 1.86 bits per heavy atom. The first-order valence-electron chi connectivity index (χ1n) is 7.17. The van der Waals surface area contributed by atoms with Crippen LogP contribution >= 0.6 is 11.6 Å². The Hall–Kier alpha value is -1.65. The summed E-state index contributed by atoms with van der Waals surface area (Å²) in [6, 6.07) is 12.3. The quantitative estimate of drug-likeness (QED) is 0.815. The van der Waals surface area contributed by atoms with Crippen molar-refractivity contribution < 1.29 is 4.79 Å². The van der Waals surface area contributed by atoms with Crippen LogP contribution in [-0.4, -0.2) is 52.8 Å². The fourth-order valence-corrected chi connectivity index (χ4v) is 2.83. The van der Waals surface area contributed by atoms with Gasteiger partial charge in [-0.1, -0.05) is 24.3 Å². The molecule has 1 aromatic carbocycles. The van der Waals surface area contributed by atoms with Crippen molar-refractivity contribution >= 4 is 28.4 Å². The lowest BCUT2D eigenvalue weighted by atomic mass is 10.2. The Labute approximate surface area is 129 Å². The maximum Gasteiger partial charge on any atom is 0.237 e. The molecule has 1 fully saturated rings. The van der Waals surface area contributed by atoms with Gasteiger partial charge < -0.3 is 4.90 Å². The third-order valence-electron chi connectivity index (χ3n) is 3.88. The molecule has 1 saturated heterocycles. The number of benzene rings is 1. The van der Waals surface area contributed by atoms with E-state index in [0.29, 0.717) is 0 Å². The topological polar surface area (TPSA) is 36.4 Å². The van der Waals surface area contributed by atoms with Gasteiger partial charge >= 0.3 is 0 Å². The van der Waals surface area contributed by atoms with Crippen molar-refractivity contribution in [2.75, 3.05) is 32.1 Å². The highest BCUT2D eigenvalue weighted by molar-refractivity contribution is 6.27. The van der Waals surface area contributed by atoms with Gasteiger partial charge in [-0.15, -0.1) is 11.6 Å². The van der Waals surface area contributed by atoms with Crippen molar-refractivity contribution in [1.29, 1.82) is 0 Å². The molecule has 0 atom stereocenters. The SMILES string of the molecule is O=C(CCl)N1CCN(Cc2ccc3ccccc3n2)CC1. The first-order valence-corrected chi connectivity index (χ1v) is 7.70. The molecule has 2 aromatic rings. The van der Waals surface area contributed by atoms with E-state index in [-0.39, 0.29) is 11.8 Å². The monoisotopic (exact) mass is 303 g/mol. The van der Waals surface area contributed by atoms with Crippen LogP contribution in [0.15, 0.2) is 36.4 Å². The summed E-state index contributed by atoms with van der Waals surface area (Å²) in [6.07, 6.45) is 0. The summed E-state index contributed by atoms with van der Waals surface area (Å²) in [4.78, 5) is 20.4. The minimum absolute atomic E-state index is 0.0279. The number of carbonyl (C=O) groups is 1. The molecule has 0 radical (unpaired) electrons. The van der Waals surface area contributed by atoms with Gasteiger partial charge in [-0.25, -0.2) is 0 Å². The number of amides is 1. The Kier molecular flexibility index (Phi) is 4.36. The highest BCUT2D eigenvalue weighted by Gasteiger charge is 2.20. The number of nitrogens with zero attached hydrogens (tertiary/aromatic N) is 3. The number of alkyl halides is 1. The van der Waals surface area contributed by atoms with Crippen LogP contribution in [0.2, 0.25) is 0 Å². The molecule has 5 heteroatoms. The molecular weight excluding hydrogens is 286 g/mol. The number of carbonyl (C=O) groups excluding carboxylic acids is 1. The predicted octanol–water partition coefficient (Wildman–Crippen LogP) is 2.12. The number of rotatable bonds is 3. The lowest BCUT2D eigenvalue weighted by Crippen LogP contribution is -2.48. The summed E-state index contributed by atoms with van der Waals surface area (Å²) < 4.78 is 0. The molecule has 4 nitrogen and oxygen atoms in total. The fraction of sp³-hybridized carbons (Fsp3) is 0.375. The van der Waals surface area contributed by atoms with Crippen LogP contribution in [0.4, 0.5) is 0 Å². The molecule has 0 bridgehead atoms. The van der Waals surface area contributed by atoms with Gasteiger partial charge in [0, 0.05) is 38.1 Å². The first-order chi connectivity index (χ1) is 10.3. The molecule has 0 aliphatic carbocycles. The zero-order valence-electron chi connectivity index (χ0n) is 11.8. The number of piperazine rings is 1. The lowest BCUT2D eigenvalue weighted by Gasteiger charge is -2.34. The average molecular weight is 304 g/mol. The summed E-state index contributed by atoms with van der Waals surface area (Å²) in [5, 5.41) is 1.17.